The molecule has 5 aromatic rings. The van der Waals surface area contributed by atoms with Gasteiger partial charge in [0.05, 0.1) is 22.1 Å². The Labute approximate surface area is 206 Å². The van der Waals surface area contributed by atoms with Crippen LogP contribution in [0, 0.1) is 12.7 Å². The van der Waals surface area contributed by atoms with E-state index in [0.717, 1.165) is 48.5 Å². The van der Waals surface area contributed by atoms with Crippen molar-refractivity contribution in [2.75, 3.05) is 36.4 Å². The first-order valence-electron chi connectivity index (χ1n) is 11.8. The molecule has 0 unspecified atom stereocenters. The van der Waals surface area contributed by atoms with Gasteiger partial charge in [-0.3, -0.25) is 0 Å². The Morgan fingerprint density at radius 2 is 1.86 bits per heavy atom. The molecular formula is C26H25FN8O. The topological polar surface area (TPSA) is 93.0 Å². The van der Waals surface area contributed by atoms with Crippen LogP contribution in [0.5, 0.6) is 11.5 Å². The number of aromatic nitrogens is 5. The smallest absolute Gasteiger partial charge is 0.159 e. The Bertz CT molecular complexity index is 1580. The summed E-state index contributed by atoms with van der Waals surface area (Å²) >= 11 is 0. The Morgan fingerprint density at radius 1 is 1.00 bits per heavy atom. The lowest BCUT2D eigenvalue weighted by Crippen LogP contribution is -2.43. The molecule has 1 aliphatic rings. The molecule has 0 atom stereocenters. The molecule has 2 aromatic heterocycles. The van der Waals surface area contributed by atoms with Crippen LogP contribution in [0.3, 0.4) is 0 Å². The number of ether oxygens (including phenoxy) is 1. The first-order chi connectivity index (χ1) is 17.6. The average molecular weight is 485 g/mol. The highest BCUT2D eigenvalue weighted by atomic mass is 19.1. The van der Waals surface area contributed by atoms with Crippen molar-refractivity contribution in [1.29, 1.82) is 0 Å². The van der Waals surface area contributed by atoms with Gasteiger partial charge in [0.15, 0.2) is 5.82 Å². The molecule has 182 valence electrons. The summed E-state index contributed by atoms with van der Waals surface area (Å²) in [7, 11) is 1.85. The minimum Gasteiger partial charge on any atom is -0.457 e. The first kappa shape index (κ1) is 22.2. The molecule has 3 aromatic carbocycles. The Balaban J connectivity index is 1.28. The summed E-state index contributed by atoms with van der Waals surface area (Å²) in [4.78, 5) is 10.7. The normalized spacial score (nSPS) is 13.9. The Morgan fingerprint density at radius 3 is 2.69 bits per heavy atom. The van der Waals surface area contributed by atoms with Crippen LogP contribution in [0.25, 0.3) is 21.9 Å². The van der Waals surface area contributed by atoms with Crippen molar-refractivity contribution < 1.29 is 9.13 Å². The maximum Gasteiger partial charge on any atom is 0.159 e. The lowest BCUT2D eigenvalue weighted by atomic mass is 10.1. The van der Waals surface area contributed by atoms with E-state index in [1.165, 1.54) is 6.33 Å². The van der Waals surface area contributed by atoms with Gasteiger partial charge < -0.3 is 20.3 Å². The van der Waals surface area contributed by atoms with Gasteiger partial charge in [-0.2, -0.15) is 0 Å². The van der Waals surface area contributed by atoms with Crippen molar-refractivity contribution in [3.05, 3.63) is 66.2 Å². The van der Waals surface area contributed by atoms with Gasteiger partial charge in [0.25, 0.3) is 0 Å². The van der Waals surface area contributed by atoms with E-state index in [4.69, 9.17) is 4.74 Å². The fourth-order valence-corrected chi connectivity index (χ4v) is 4.54. The van der Waals surface area contributed by atoms with E-state index in [0.29, 0.717) is 33.9 Å². The molecule has 6 rings (SSSR count). The highest BCUT2D eigenvalue weighted by Crippen LogP contribution is 2.34. The number of hydrogen-bond acceptors (Lipinski definition) is 8. The summed E-state index contributed by atoms with van der Waals surface area (Å²) in [5.74, 6) is 1.50. The van der Waals surface area contributed by atoms with Gasteiger partial charge in [0.2, 0.25) is 0 Å². The van der Waals surface area contributed by atoms with Crippen molar-refractivity contribution in [2.45, 2.75) is 6.92 Å². The quantitative estimate of drug-likeness (QED) is 0.381. The number of nitrogens with one attached hydrogen (secondary N) is 2. The molecule has 9 nitrogen and oxygen atoms in total. The fourth-order valence-electron chi connectivity index (χ4n) is 4.54. The van der Waals surface area contributed by atoms with Gasteiger partial charge in [-0.25, -0.2) is 19.0 Å². The van der Waals surface area contributed by atoms with E-state index in [9.17, 15) is 0 Å². The third-order valence-corrected chi connectivity index (χ3v) is 6.43. The second kappa shape index (κ2) is 9.04. The minimum atomic E-state index is -0.312. The molecule has 2 N–H and O–H groups in total. The number of fused-ring (bicyclic) bond motifs is 2. The van der Waals surface area contributed by atoms with Gasteiger partial charge in [0, 0.05) is 45.0 Å². The summed E-state index contributed by atoms with van der Waals surface area (Å²) in [6.45, 7) is 5.12. The van der Waals surface area contributed by atoms with Gasteiger partial charge in [-0.05, 0) is 55.0 Å². The summed E-state index contributed by atoms with van der Waals surface area (Å²) in [5, 5.41) is 15.1. The number of rotatable bonds is 5. The molecule has 10 heteroatoms. The monoisotopic (exact) mass is 484 g/mol. The fraction of sp³-hybridized carbons (Fsp3) is 0.231. The van der Waals surface area contributed by atoms with Crippen LogP contribution >= 0.6 is 0 Å². The average Bonchev–Trinajstić information content (AvgIpc) is 3.26. The van der Waals surface area contributed by atoms with Crippen molar-refractivity contribution in [2.24, 2.45) is 7.05 Å². The molecule has 1 saturated heterocycles. The molecule has 36 heavy (non-hydrogen) atoms. The molecule has 0 amide bonds. The van der Waals surface area contributed by atoms with Crippen LogP contribution in [-0.2, 0) is 7.05 Å². The predicted molar refractivity (Wildman–Crippen MR) is 138 cm³/mol. The van der Waals surface area contributed by atoms with E-state index in [2.05, 4.69) is 35.8 Å². The molecule has 1 fully saturated rings. The highest BCUT2D eigenvalue weighted by Gasteiger charge is 2.19. The number of anilines is 3. The maximum atomic E-state index is 15.7. The number of hydrogen-bond donors (Lipinski definition) is 2. The molecule has 3 heterocycles. The van der Waals surface area contributed by atoms with Crippen molar-refractivity contribution in [3.63, 3.8) is 0 Å². The predicted octanol–water partition coefficient (Wildman–Crippen LogP) is 4.30. The minimum absolute atomic E-state index is 0.312. The third-order valence-electron chi connectivity index (χ3n) is 6.43. The van der Waals surface area contributed by atoms with Crippen LogP contribution in [0.2, 0.25) is 0 Å². The number of halogens is 1. The zero-order valence-electron chi connectivity index (χ0n) is 20.0. The zero-order valence-corrected chi connectivity index (χ0v) is 20.0. The second-order valence-electron chi connectivity index (χ2n) is 8.82. The Kier molecular flexibility index (Phi) is 5.57. The summed E-state index contributed by atoms with van der Waals surface area (Å²) in [6.07, 6.45) is 1.45. The zero-order chi connectivity index (χ0) is 24.6. The van der Waals surface area contributed by atoms with Crippen LogP contribution in [-0.4, -0.2) is 51.1 Å². The SMILES string of the molecule is Cc1cc(Nc2ncnc3ccc(N4CCNCC4)c(F)c23)ccc1Oc1ccc2c(c1)nnn2C. The molecular weight excluding hydrogens is 459 g/mol. The summed E-state index contributed by atoms with van der Waals surface area (Å²) in [6, 6.07) is 15.0. The second-order valence-corrected chi connectivity index (χ2v) is 8.82. The van der Waals surface area contributed by atoms with Crippen molar-refractivity contribution in [1.82, 2.24) is 30.3 Å². The van der Waals surface area contributed by atoms with Gasteiger partial charge >= 0.3 is 0 Å². The molecule has 0 spiro atoms. The molecule has 0 radical (unpaired) electrons. The molecule has 1 aliphatic heterocycles. The number of piperazine rings is 1. The van der Waals surface area contributed by atoms with Crippen LogP contribution in [0.15, 0.2) is 54.9 Å². The number of aryl methyl sites for hydroxylation is 2. The van der Waals surface area contributed by atoms with Gasteiger partial charge in [-0.1, -0.05) is 5.21 Å². The lowest BCUT2D eigenvalue weighted by Gasteiger charge is -2.30. The standard InChI is InChI=1S/C26H25FN8O/c1-16-13-17(3-8-23(16)36-18-4-6-21-20(14-18)32-33-34(21)2)31-26-24-19(29-15-30-26)5-7-22(25(24)27)35-11-9-28-10-12-35/h3-8,13-15,28H,9-12H2,1-2H3,(H,29,30,31). The number of benzene rings is 3. The van der Waals surface area contributed by atoms with Crippen LogP contribution in [0.4, 0.5) is 21.6 Å². The first-order valence-corrected chi connectivity index (χ1v) is 11.8. The van der Waals surface area contributed by atoms with Crippen molar-refractivity contribution in [3.8, 4) is 11.5 Å². The van der Waals surface area contributed by atoms with Crippen LogP contribution < -0.4 is 20.3 Å². The molecule has 0 saturated carbocycles. The van der Waals surface area contributed by atoms with Crippen LogP contribution in [0.1, 0.15) is 5.56 Å². The maximum absolute atomic E-state index is 15.7. The van der Waals surface area contributed by atoms with Gasteiger partial charge in [-0.15, -0.1) is 5.10 Å². The lowest BCUT2D eigenvalue weighted by molar-refractivity contribution is 0.479. The van der Waals surface area contributed by atoms with E-state index in [-0.39, 0.29) is 5.82 Å². The third kappa shape index (κ3) is 4.05. The van der Waals surface area contributed by atoms with Gasteiger partial charge in [0.1, 0.15) is 29.2 Å². The largest absolute Gasteiger partial charge is 0.457 e. The van der Waals surface area contributed by atoms with E-state index in [1.54, 1.807) is 10.7 Å². The number of nitrogens with zero attached hydrogens (tertiary/aromatic N) is 6. The summed E-state index contributed by atoms with van der Waals surface area (Å²) in [5.41, 5.74) is 4.52. The van der Waals surface area contributed by atoms with E-state index >= 15 is 4.39 Å². The van der Waals surface area contributed by atoms with E-state index < -0.39 is 0 Å². The summed E-state index contributed by atoms with van der Waals surface area (Å²) < 4.78 is 23.5. The molecule has 0 aliphatic carbocycles. The van der Waals surface area contributed by atoms with E-state index in [1.807, 2.05) is 56.4 Å². The highest BCUT2D eigenvalue weighted by molar-refractivity contribution is 5.94. The van der Waals surface area contributed by atoms with Crippen molar-refractivity contribution >= 4 is 39.1 Å². The molecule has 0 bridgehead atoms. The Hall–Kier alpha value is -4.31.